The van der Waals surface area contributed by atoms with Gasteiger partial charge in [-0.25, -0.2) is 19.1 Å². The standard InChI is InChI=1S/C22H20N2O6/c1-13-10-14(12-15(11-13)20(25)28-2)18-17(21(26)29-3)19(22(27)30-4)24(23-18)16-8-6-5-7-9-16/h5-12H,1-4H3. The van der Waals surface area contributed by atoms with Gasteiger partial charge in [-0.05, 0) is 42.8 Å². The van der Waals surface area contributed by atoms with Crippen LogP contribution in [0.4, 0.5) is 0 Å². The van der Waals surface area contributed by atoms with Crippen molar-refractivity contribution in [3.05, 3.63) is 70.9 Å². The number of benzene rings is 2. The normalized spacial score (nSPS) is 10.4. The Kier molecular flexibility index (Phi) is 5.96. The third-order valence-electron chi connectivity index (χ3n) is 4.43. The number of rotatable bonds is 5. The molecule has 0 saturated heterocycles. The minimum Gasteiger partial charge on any atom is -0.465 e. The van der Waals surface area contributed by atoms with Gasteiger partial charge in [-0.2, -0.15) is 5.10 Å². The highest BCUT2D eigenvalue weighted by molar-refractivity contribution is 6.07. The highest BCUT2D eigenvalue weighted by atomic mass is 16.5. The van der Waals surface area contributed by atoms with Gasteiger partial charge in [0.2, 0.25) is 0 Å². The zero-order valence-electron chi connectivity index (χ0n) is 17.0. The number of hydrogen-bond acceptors (Lipinski definition) is 7. The molecule has 30 heavy (non-hydrogen) atoms. The van der Waals surface area contributed by atoms with Gasteiger partial charge in [0.1, 0.15) is 11.3 Å². The molecule has 2 aromatic carbocycles. The quantitative estimate of drug-likeness (QED) is 0.472. The minimum atomic E-state index is -0.756. The van der Waals surface area contributed by atoms with Crippen molar-refractivity contribution in [3.8, 4) is 16.9 Å². The van der Waals surface area contributed by atoms with Crippen LogP contribution in [0.5, 0.6) is 0 Å². The van der Waals surface area contributed by atoms with Crippen molar-refractivity contribution in [1.82, 2.24) is 9.78 Å². The van der Waals surface area contributed by atoms with E-state index in [-0.39, 0.29) is 22.5 Å². The lowest BCUT2D eigenvalue weighted by atomic mass is 10.0. The van der Waals surface area contributed by atoms with E-state index in [1.165, 1.54) is 26.0 Å². The molecule has 8 nitrogen and oxygen atoms in total. The smallest absolute Gasteiger partial charge is 0.357 e. The summed E-state index contributed by atoms with van der Waals surface area (Å²) in [5.41, 5.74) is 2.09. The van der Waals surface area contributed by atoms with Crippen LogP contribution in [0.1, 0.15) is 36.8 Å². The monoisotopic (exact) mass is 408 g/mol. The van der Waals surface area contributed by atoms with Crippen molar-refractivity contribution in [3.63, 3.8) is 0 Å². The maximum atomic E-state index is 12.7. The molecule has 3 rings (SSSR count). The second-order valence-electron chi connectivity index (χ2n) is 6.38. The summed E-state index contributed by atoms with van der Waals surface area (Å²) in [5, 5.41) is 4.52. The molecule has 1 aromatic heterocycles. The molecule has 0 unspecified atom stereocenters. The third kappa shape index (κ3) is 3.80. The second-order valence-corrected chi connectivity index (χ2v) is 6.38. The number of nitrogens with zero attached hydrogens (tertiary/aromatic N) is 2. The molecule has 154 valence electrons. The number of carbonyl (C=O) groups excluding carboxylic acids is 3. The van der Waals surface area contributed by atoms with E-state index in [1.807, 2.05) is 6.07 Å². The van der Waals surface area contributed by atoms with E-state index in [0.29, 0.717) is 11.3 Å². The molecule has 0 aliphatic rings. The number of carbonyl (C=O) groups is 3. The maximum Gasteiger partial charge on any atom is 0.357 e. The summed E-state index contributed by atoms with van der Waals surface area (Å²) in [6.07, 6.45) is 0. The van der Waals surface area contributed by atoms with Gasteiger partial charge in [-0.3, -0.25) is 0 Å². The molecule has 0 spiro atoms. The average molecular weight is 408 g/mol. The van der Waals surface area contributed by atoms with Crippen molar-refractivity contribution in [2.24, 2.45) is 0 Å². The first-order valence-corrected chi connectivity index (χ1v) is 8.96. The van der Waals surface area contributed by atoms with E-state index in [2.05, 4.69) is 5.10 Å². The topological polar surface area (TPSA) is 96.7 Å². The van der Waals surface area contributed by atoms with Gasteiger partial charge < -0.3 is 14.2 Å². The fraction of sp³-hybridized carbons (Fsp3) is 0.182. The number of aryl methyl sites for hydroxylation is 1. The van der Waals surface area contributed by atoms with Gasteiger partial charge in [-0.15, -0.1) is 0 Å². The molecule has 0 bridgehead atoms. The molecule has 3 aromatic rings. The fourth-order valence-corrected chi connectivity index (χ4v) is 3.11. The number of para-hydroxylation sites is 1. The highest BCUT2D eigenvalue weighted by Crippen LogP contribution is 2.30. The minimum absolute atomic E-state index is 0.0605. The predicted octanol–water partition coefficient (Wildman–Crippen LogP) is 3.21. The van der Waals surface area contributed by atoms with E-state index in [4.69, 9.17) is 14.2 Å². The summed E-state index contributed by atoms with van der Waals surface area (Å²) < 4.78 is 16.0. The van der Waals surface area contributed by atoms with Crippen molar-refractivity contribution < 1.29 is 28.6 Å². The van der Waals surface area contributed by atoms with Crippen molar-refractivity contribution in [1.29, 1.82) is 0 Å². The molecule has 0 saturated carbocycles. The summed E-state index contributed by atoms with van der Waals surface area (Å²) in [6.45, 7) is 1.79. The third-order valence-corrected chi connectivity index (χ3v) is 4.43. The molecule has 0 amide bonds. The highest BCUT2D eigenvalue weighted by Gasteiger charge is 2.31. The maximum absolute atomic E-state index is 12.7. The van der Waals surface area contributed by atoms with Crippen LogP contribution in [0.3, 0.4) is 0 Å². The summed E-state index contributed by atoms with van der Waals surface area (Å²) in [7, 11) is 3.71. The Balaban J connectivity index is 2.36. The SMILES string of the molecule is COC(=O)c1cc(C)cc(-c2nn(-c3ccccc3)c(C(=O)OC)c2C(=O)OC)c1. The van der Waals surface area contributed by atoms with Crippen LogP contribution in [0.25, 0.3) is 16.9 Å². The van der Waals surface area contributed by atoms with Crippen LogP contribution >= 0.6 is 0 Å². The number of methoxy groups -OCH3 is 3. The zero-order valence-corrected chi connectivity index (χ0v) is 17.0. The Morgan fingerprint density at radius 1 is 0.833 bits per heavy atom. The number of hydrogen-bond donors (Lipinski definition) is 0. The molecular weight excluding hydrogens is 388 g/mol. The summed E-state index contributed by atoms with van der Waals surface area (Å²) in [5.74, 6) is -2.04. The van der Waals surface area contributed by atoms with E-state index >= 15 is 0 Å². The van der Waals surface area contributed by atoms with Crippen LogP contribution in [-0.4, -0.2) is 49.0 Å². The molecule has 0 atom stereocenters. The van der Waals surface area contributed by atoms with E-state index < -0.39 is 17.9 Å². The Hall–Kier alpha value is -3.94. The lowest BCUT2D eigenvalue weighted by Gasteiger charge is -2.07. The van der Waals surface area contributed by atoms with E-state index in [9.17, 15) is 14.4 Å². The van der Waals surface area contributed by atoms with Crippen LogP contribution < -0.4 is 0 Å². The zero-order chi connectivity index (χ0) is 21.8. The molecule has 8 heteroatoms. The number of aromatic nitrogens is 2. The van der Waals surface area contributed by atoms with Crippen LogP contribution in [0.15, 0.2) is 48.5 Å². The van der Waals surface area contributed by atoms with Gasteiger partial charge in [0.25, 0.3) is 0 Å². The first-order valence-electron chi connectivity index (χ1n) is 8.96. The summed E-state index contributed by atoms with van der Waals surface area (Å²) in [6, 6.07) is 13.8. The number of ether oxygens (including phenoxy) is 3. The molecule has 0 radical (unpaired) electrons. The summed E-state index contributed by atoms with van der Waals surface area (Å²) in [4.78, 5) is 37.4. The molecule has 1 heterocycles. The van der Waals surface area contributed by atoms with Crippen molar-refractivity contribution in [2.75, 3.05) is 21.3 Å². The van der Waals surface area contributed by atoms with Gasteiger partial charge in [-0.1, -0.05) is 18.2 Å². The van der Waals surface area contributed by atoms with Crippen LogP contribution in [0.2, 0.25) is 0 Å². The van der Waals surface area contributed by atoms with E-state index in [0.717, 1.165) is 5.56 Å². The summed E-state index contributed by atoms with van der Waals surface area (Å²) >= 11 is 0. The van der Waals surface area contributed by atoms with Gasteiger partial charge in [0, 0.05) is 5.56 Å². The first kappa shape index (κ1) is 20.8. The first-order chi connectivity index (χ1) is 14.4. The Labute approximate surface area is 173 Å². The number of esters is 3. The lowest BCUT2D eigenvalue weighted by Crippen LogP contribution is -2.15. The van der Waals surface area contributed by atoms with Crippen LogP contribution in [-0.2, 0) is 14.2 Å². The van der Waals surface area contributed by atoms with Gasteiger partial charge >= 0.3 is 17.9 Å². The molecule has 0 aliphatic heterocycles. The van der Waals surface area contributed by atoms with Gasteiger partial charge in [0.15, 0.2) is 5.69 Å². The molecule has 0 N–H and O–H groups in total. The molecular formula is C22H20N2O6. The van der Waals surface area contributed by atoms with Gasteiger partial charge in [0.05, 0.1) is 32.6 Å². The largest absolute Gasteiger partial charge is 0.465 e. The Morgan fingerprint density at radius 2 is 1.47 bits per heavy atom. The fourth-order valence-electron chi connectivity index (χ4n) is 3.11. The lowest BCUT2D eigenvalue weighted by molar-refractivity contribution is 0.0549. The van der Waals surface area contributed by atoms with Crippen LogP contribution in [0, 0.1) is 6.92 Å². The Morgan fingerprint density at radius 3 is 2.07 bits per heavy atom. The van der Waals surface area contributed by atoms with Crippen molar-refractivity contribution >= 4 is 17.9 Å². The Bertz CT molecular complexity index is 1120. The average Bonchev–Trinajstić information content (AvgIpc) is 3.18. The predicted molar refractivity (Wildman–Crippen MR) is 108 cm³/mol. The molecule has 0 aliphatic carbocycles. The second kappa shape index (κ2) is 8.60. The van der Waals surface area contributed by atoms with E-state index in [1.54, 1.807) is 49.4 Å². The van der Waals surface area contributed by atoms with Crippen molar-refractivity contribution in [2.45, 2.75) is 6.92 Å². The molecule has 0 fully saturated rings.